The molecule has 1 aliphatic rings. The minimum absolute atomic E-state index is 0.372. The topological polar surface area (TPSA) is 28.2 Å². The van der Waals surface area contributed by atoms with E-state index in [1.165, 1.54) is 16.0 Å². The van der Waals surface area contributed by atoms with Crippen molar-refractivity contribution in [3.8, 4) is 0 Å². The number of anilines is 1. The fourth-order valence-electron chi connectivity index (χ4n) is 2.53. The molecule has 2 heterocycles. The number of thiazole rings is 1. The van der Waals surface area contributed by atoms with Crippen molar-refractivity contribution >= 4 is 16.5 Å². The average molecular weight is 273 g/mol. The van der Waals surface area contributed by atoms with Crippen LogP contribution in [-0.2, 0) is 13.1 Å². The first kappa shape index (κ1) is 12.6. The lowest BCUT2D eigenvalue weighted by Crippen LogP contribution is -2.13. The van der Waals surface area contributed by atoms with Crippen LogP contribution in [0, 0.1) is 6.92 Å². The maximum absolute atomic E-state index is 4.75. The van der Waals surface area contributed by atoms with Gasteiger partial charge in [0.2, 0.25) is 0 Å². The molecule has 3 rings (SSSR count). The molecule has 0 bridgehead atoms. The lowest BCUT2D eigenvalue weighted by molar-refractivity contribution is 0.658. The van der Waals surface area contributed by atoms with Gasteiger partial charge < -0.3 is 10.2 Å². The second-order valence-corrected chi connectivity index (χ2v) is 6.09. The summed E-state index contributed by atoms with van der Waals surface area (Å²) in [5.41, 5.74) is 4.01. The zero-order valence-electron chi connectivity index (χ0n) is 11.6. The first-order chi connectivity index (χ1) is 9.19. The van der Waals surface area contributed by atoms with Crippen LogP contribution in [0.25, 0.3) is 0 Å². The third-order valence-corrected chi connectivity index (χ3v) is 5.16. The first-order valence-corrected chi connectivity index (χ1v) is 7.47. The molecule has 0 fully saturated rings. The summed E-state index contributed by atoms with van der Waals surface area (Å²) in [6.45, 7) is 6.25. The number of benzene rings is 1. The molecule has 1 atom stereocenters. The van der Waals surface area contributed by atoms with Crippen molar-refractivity contribution < 1.29 is 0 Å². The average Bonchev–Trinajstić information content (AvgIpc) is 3.00. The Labute approximate surface area is 118 Å². The van der Waals surface area contributed by atoms with Gasteiger partial charge in [0.1, 0.15) is 0 Å². The Bertz CT molecular complexity index is 566. The van der Waals surface area contributed by atoms with Crippen LogP contribution >= 0.6 is 11.3 Å². The Hall–Kier alpha value is -1.39. The molecule has 1 N–H and O–H groups in total. The van der Waals surface area contributed by atoms with E-state index in [0.29, 0.717) is 6.04 Å². The summed E-state index contributed by atoms with van der Waals surface area (Å²) in [4.78, 5) is 8.46. The van der Waals surface area contributed by atoms with Gasteiger partial charge in [-0.25, -0.2) is 4.98 Å². The van der Waals surface area contributed by atoms with Gasteiger partial charge in [-0.15, -0.1) is 0 Å². The molecule has 0 saturated carbocycles. The van der Waals surface area contributed by atoms with Crippen LogP contribution < -0.4 is 10.2 Å². The van der Waals surface area contributed by atoms with E-state index in [2.05, 4.69) is 48.3 Å². The maximum atomic E-state index is 4.75. The quantitative estimate of drug-likeness (QED) is 0.930. The number of aromatic nitrogens is 1. The number of rotatable bonds is 3. The molecular weight excluding hydrogens is 254 g/mol. The second kappa shape index (κ2) is 4.94. The molecule has 0 spiro atoms. The highest BCUT2D eigenvalue weighted by Gasteiger charge is 2.23. The zero-order valence-corrected chi connectivity index (χ0v) is 12.4. The van der Waals surface area contributed by atoms with Gasteiger partial charge in [-0.2, -0.15) is 0 Å². The molecule has 100 valence electrons. The first-order valence-electron chi connectivity index (χ1n) is 6.65. The van der Waals surface area contributed by atoms with Gasteiger partial charge in [0.05, 0.1) is 5.69 Å². The van der Waals surface area contributed by atoms with Crippen molar-refractivity contribution in [2.24, 2.45) is 0 Å². The number of fused-ring (bicyclic) bond motifs is 1. The number of nitrogens with zero attached hydrogens (tertiary/aromatic N) is 2. The van der Waals surface area contributed by atoms with E-state index < -0.39 is 0 Å². The molecule has 0 radical (unpaired) electrons. The molecule has 3 nitrogen and oxygen atoms in total. The van der Waals surface area contributed by atoms with Crippen molar-refractivity contribution in [3.05, 3.63) is 46.0 Å². The molecule has 1 aromatic carbocycles. The lowest BCUT2D eigenvalue weighted by Gasteiger charge is -2.13. The molecule has 4 heteroatoms. The normalized spacial score (nSPS) is 15.6. The molecule has 0 aliphatic carbocycles. The minimum atomic E-state index is 0.372. The van der Waals surface area contributed by atoms with Crippen LogP contribution in [0.4, 0.5) is 5.13 Å². The number of hydrogen-bond acceptors (Lipinski definition) is 4. The highest BCUT2D eigenvalue weighted by atomic mass is 32.1. The Kier molecular flexibility index (Phi) is 3.29. The van der Waals surface area contributed by atoms with Crippen LogP contribution in [0.3, 0.4) is 0 Å². The van der Waals surface area contributed by atoms with Crippen LogP contribution in [0.2, 0.25) is 0 Å². The molecular formula is C15H19N3S. The van der Waals surface area contributed by atoms with Crippen LogP contribution in [0.15, 0.2) is 24.3 Å². The highest BCUT2D eigenvalue weighted by molar-refractivity contribution is 7.15. The Balaban J connectivity index is 1.86. The fraction of sp³-hybridized carbons (Fsp3) is 0.400. The van der Waals surface area contributed by atoms with Crippen LogP contribution in [-0.4, -0.2) is 12.0 Å². The molecule has 1 aliphatic heterocycles. The monoisotopic (exact) mass is 273 g/mol. The summed E-state index contributed by atoms with van der Waals surface area (Å²) in [6, 6.07) is 9.03. The van der Waals surface area contributed by atoms with Crippen LogP contribution in [0.1, 0.15) is 34.7 Å². The van der Waals surface area contributed by atoms with Crippen molar-refractivity contribution in [2.45, 2.75) is 33.0 Å². The van der Waals surface area contributed by atoms with Crippen molar-refractivity contribution in [1.29, 1.82) is 0 Å². The Morgan fingerprint density at radius 1 is 1.26 bits per heavy atom. The van der Waals surface area contributed by atoms with E-state index in [9.17, 15) is 0 Å². The predicted octanol–water partition coefficient (Wildman–Crippen LogP) is 3.25. The van der Waals surface area contributed by atoms with Gasteiger partial charge in [0.15, 0.2) is 5.13 Å². The summed E-state index contributed by atoms with van der Waals surface area (Å²) in [5.74, 6) is 0. The van der Waals surface area contributed by atoms with E-state index in [1.54, 1.807) is 0 Å². The SMILES string of the molecule is CNC(C)c1sc(N2Cc3ccccc3C2)nc1C. The van der Waals surface area contributed by atoms with Gasteiger partial charge >= 0.3 is 0 Å². The lowest BCUT2D eigenvalue weighted by atomic mass is 10.1. The van der Waals surface area contributed by atoms with Gasteiger partial charge in [0, 0.05) is 24.0 Å². The molecule has 2 aromatic rings. The predicted molar refractivity (Wildman–Crippen MR) is 80.7 cm³/mol. The Morgan fingerprint density at radius 2 is 1.89 bits per heavy atom. The smallest absolute Gasteiger partial charge is 0.186 e. The largest absolute Gasteiger partial charge is 0.339 e. The van der Waals surface area contributed by atoms with Gasteiger partial charge in [-0.05, 0) is 32.0 Å². The van der Waals surface area contributed by atoms with Gasteiger partial charge in [0.25, 0.3) is 0 Å². The third-order valence-electron chi connectivity index (χ3n) is 3.76. The molecule has 1 aromatic heterocycles. The van der Waals surface area contributed by atoms with Crippen molar-refractivity contribution in [3.63, 3.8) is 0 Å². The van der Waals surface area contributed by atoms with Gasteiger partial charge in [-0.3, -0.25) is 0 Å². The molecule has 0 saturated heterocycles. The summed E-state index contributed by atoms with van der Waals surface area (Å²) in [6.07, 6.45) is 0. The fourth-order valence-corrected chi connectivity index (χ4v) is 3.66. The summed E-state index contributed by atoms with van der Waals surface area (Å²) >= 11 is 1.81. The number of nitrogens with one attached hydrogen (secondary N) is 1. The molecule has 19 heavy (non-hydrogen) atoms. The summed E-state index contributed by atoms with van der Waals surface area (Å²) < 4.78 is 0. The summed E-state index contributed by atoms with van der Waals surface area (Å²) in [5, 5.41) is 4.44. The van der Waals surface area contributed by atoms with Crippen molar-refractivity contribution in [1.82, 2.24) is 10.3 Å². The van der Waals surface area contributed by atoms with Crippen molar-refractivity contribution in [2.75, 3.05) is 11.9 Å². The zero-order chi connectivity index (χ0) is 13.4. The molecule has 1 unspecified atom stereocenters. The van der Waals surface area contributed by atoms with E-state index in [4.69, 9.17) is 4.98 Å². The number of hydrogen-bond donors (Lipinski definition) is 1. The standard InChI is InChI=1S/C15H19N3S/c1-10(16-3)14-11(2)17-15(19-14)18-8-12-6-4-5-7-13(12)9-18/h4-7,10,16H,8-9H2,1-3H3. The maximum Gasteiger partial charge on any atom is 0.186 e. The molecule has 0 amide bonds. The third kappa shape index (κ3) is 2.26. The highest BCUT2D eigenvalue weighted by Crippen LogP contribution is 2.35. The Morgan fingerprint density at radius 3 is 2.47 bits per heavy atom. The van der Waals surface area contributed by atoms with Gasteiger partial charge in [-0.1, -0.05) is 35.6 Å². The van der Waals surface area contributed by atoms with E-state index in [-0.39, 0.29) is 0 Å². The minimum Gasteiger partial charge on any atom is -0.339 e. The second-order valence-electron chi connectivity index (χ2n) is 5.08. The summed E-state index contributed by atoms with van der Waals surface area (Å²) in [7, 11) is 2.00. The van der Waals surface area contributed by atoms with E-state index >= 15 is 0 Å². The van der Waals surface area contributed by atoms with E-state index in [1.807, 2.05) is 18.4 Å². The van der Waals surface area contributed by atoms with E-state index in [0.717, 1.165) is 23.9 Å². The number of aryl methyl sites for hydroxylation is 1. The van der Waals surface area contributed by atoms with Crippen LogP contribution in [0.5, 0.6) is 0 Å².